The number of alkyl halides is 3. The zero-order valence-electron chi connectivity index (χ0n) is 15.7. The Balaban J connectivity index is 1.64. The number of hydrogen-bond acceptors (Lipinski definition) is 3. The van der Waals surface area contributed by atoms with Gasteiger partial charge in [-0.05, 0) is 50.2 Å². The number of hydrogen-bond donors (Lipinski definition) is 0. The highest BCUT2D eigenvalue weighted by atomic mass is 19.4. The van der Waals surface area contributed by atoms with E-state index in [-0.39, 0.29) is 11.5 Å². The Morgan fingerprint density at radius 2 is 1.74 bits per heavy atom. The highest BCUT2D eigenvalue weighted by Gasteiger charge is 2.34. The first-order chi connectivity index (χ1) is 12.9. The van der Waals surface area contributed by atoms with Gasteiger partial charge in [0.1, 0.15) is 12.4 Å². The largest absolute Gasteiger partial charge is 0.573 e. The normalized spacial score (nSPS) is 18.2. The second-order valence-electron chi connectivity index (χ2n) is 7.43. The van der Waals surface area contributed by atoms with Crippen LogP contribution in [0.1, 0.15) is 50.5 Å². The lowest BCUT2D eigenvalue weighted by Crippen LogP contribution is -2.19. The van der Waals surface area contributed by atoms with Crippen LogP contribution in [0.5, 0.6) is 17.2 Å². The van der Waals surface area contributed by atoms with Gasteiger partial charge in [0.15, 0.2) is 11.5 Å². The van der Waals surface area contributed by atoms with E-state index in [1.807, 2.05) is 6.08 Å². The number of benzene rings is 1. The van der Waals surface area contributed by atoms with Crippen LogP contribution in [0.2, 0.25) is 0 Å². The monoisotopic (exact) mass is 384 g/mol. The molecule has 1 aromatic rings. The van der Waals surface area contributed by atoms with E-state index in [9.17, 15) is 13.2 Å². The molecule has 150 valence electrons. The minimum atomic E-state index is -4.78. The van der Waals surface area contributed by atoms with Gasteiger partial charge in [0.2, 0.25) is 0 Å². The average Bonchev–Trinajstić information content (AvgIpc) is 3.28. The molecule has 0 atom stereocenters. The van der Waals surface area contributed by atoms with Crippen LogP contribution in [0.15, 0.2) is 24.3 Å². The van der Waals surface area contributed by atoms with E-state index in [1.54, 1.807) is 13.0 Å². The van der Waals surface area contributed by atoms with Gasteiger partial charge in [-0.3, -0.25) is 0 Å². The minimum Gasteiger partial charge on any atom is -0.490 e. The van der Waals surface area contributed by atoms with Gasteiger partial charge in [-0.15, -0.1) is 13.2 Å². The number of rotatable bonds is 9. The third-order valence-electron chi connectivity index (χ3n) is 5.16. The van der Waals surface area contributed by atoms with E-state index >= 15 is 0 Å². The van der Waals surface area contributed by atoms with E-state index in [0.29, 0.717) is 36.4 Å². The summed E-state index contributed by atoms with van der Waals surface area (Å²) >= 11 is 0. The van der Waals surface area contributed by atoms with Gasteiger partial charge in [-0.1, -0.05) is 37.8 Å². The summed E-state index contributed by atoms with van der Waals surface area (Å²) in [6.45, 7) is 2.28. The topological polar surface area (TPSA) is 27.7 Å². The zero-order valence-corrected chi connectivity index (χ0v) is 15.7. The lowest BCUT2D eigenvalue weighted by atomic mass is 10.1. The Morgan fingerprint density at radius 1 is 1.04 bits per heavy atom. The molecule has 0 saturated heterocycles. The molecule has 0 heterocycles. The fourth-order valence-corrected chi connectivity index (χ4v) is 3.44. The SMILES string of the molecule is Cc1c(OC/C=C/C2CCCC2)ccc(OCCC2CC2)c1OC(F)(F)F. The van der Waals surface area contributed by atoms with Crippen molar-refractivity contribution in [2.75, 3.05) is 13.2 Å². The lowest BCUT2D eigenvalue weighted by molar-refractivity contribution is -0.275. The molecule has 2 aliphatic rings. The number of halogens is 3. The van der Waals surface area contributed by atoms with Gasteiger partial charge in [0.05, 0.1) is 6.61 Å². The molecular formula is C21H27F3O3. The Bertz CT molecular complexity index is 645. The summed E-state index contributed by atoms with van der Waals surface area (Å²) in [7, 11) is 0. The van der Waals surface area contributed by atoms with Crippen LogP contribution in [0, 0.1) is 18.8 Å². The summed E-state index contributed by atoms with van der Waals surface area (Å²) in [6, 6.07) is 3.14. The van der Waals surface area contributed by atoms with Gasteiger partial charge < -0.3 is 14.2 Å². The maximum absolute atomic E-state index is 12.8. The highest BCUT2D eigenvalue weighted by Crippen LogP contribution is 2.41. The summed E-state index contributed by atoms with van der Waals surface area (Å²) in [5, 5.41) is 0. The van der Waals surface area contributed by atoms with Crippen molar-refractivity contribution < 1.29 is 27.4 Å². The van der Waals surface area contributed by atoms with Crippen LogP contribution >= 0.6 is 0 Å². The van der Waals surface area contributed by atoms with Gasteiger partial charge in [-0.25, -0.2) is 0 Å². The molecule has 0 amide bonds. The summed E-state index contributed by atoms with van der Waals surface area (Å²) < 4.78 is 54.0. The molecule has 2 aliphatic carbocycles. The van der Waals surface area contributed by atoms with E-state index in [0.717, 1.165) is 6.42 Å². The summed E-state index contributed by atoms with van der Waals surface area (Å²) in [4.78, 5) is 0. The standard InChI is InChI=1S/C21H27F3O3/c1-15-18(25-13-4-7-16-5-2-3-6-16)10-11-19(20(15)27-21(22,23)24)26-14-12-17-8-9-17/h4,7,10-11,16-17H,2-3,5-6,8-9,12-14H2,1H3/b7-4+. The number of allylic oxidation sites excluding steroid dienone is 1. The van der Waals surface area contributed by atoms with Gasteiger partial charge >= 0.3 is 6.36 Å². The fraction of sp³-hybridized carbons (Fsp3) is 0.619. The molecular weight excluding hydrogens is 357 g/mol. The molecule has 1 aromatic carbocycles. The predicted molar refractivity (Wildman–Crippen MR) is 97.3 cm³/mol. The first kappa shape index (κ1) is 19.9. The Kier molecular flexibility index (Phi) is 6.55. The van der Waals surface area contributed by atoms with Crippen molar-refractivity contribution in [3.05, 3.63) is 29.8 Å². The molecule has 3 nitrogen and oxygen atoms in total. The van der Waals surface area contributed by atoms with Crippen molar-refractivity contribution in [3.63, 3.8) is 0 Å². The van der Waals surface area contributed by atoms with Crippen molar-refractivity contribution in [1.29, 1.82) is 0 Å². The molecule has 27 heavy (non-hydrogen) atoms. The van der Waals surface area contributed by atoms with Crippen molar-refractivity contribution in [2.45, 2.75) is 58.2 Å². The molecule has 0 radical (unpaired) electrons. The fourth-order valence-electron chi connectivity index (χ4n) is 3.44. The molecule has 6 heteroatoms. The molecule has 0 bridgehead atoms. The smallest absolute Gasteiger partial charge is 0.490 e. The van der Waals surface area contributed by atoms with Crippen LogP contribution < -0.4 is 14.2 Å². The molecule has 0 aromatic heterocycles. The molecule has 0 spiro atoms. The van der Waals surface area contributed by atoms with Gasteiger partial charge in [-0.2, -0.15) is 0 Å². The molecule has 2 saturated carbocycles. The maximum atomic E-state index is 12.8. The van der Waals surface area contributed by atoms with Crippen LogP contribution in [0.3, 0.4) is 0 Å². The van der Waals surface area contributed by atoms with Crippen molar-refractivity contribution in [2.24, 2.45) is 11.8 Å². The Hall–Kier alpha value is -1.85. The van der Waals surface area contributed by atoms with E-state index < -0.39 is 6.36 Å². The third-order valence-corrected chi connectivity index (χ3v) is 5.16. The summed E-state index contributed by atoms with van der Waals surface area (Å²) in [5.41, 5.74) is 0.297. The summed E-state index contributed by atoms with van der Waals surface area (Å²) in [5.74, 6) is 1.42. The minimum absolute atomic E-state index is 0.110. The van der Waals surface area contributed by atoms with Crippen LogP contribution in [0.25, 0.3) is 0 Å². The van der Waals surface area contributed by atoms with Crippen LogP contribution in [-0.2, 0) is 0 Å². The van der Waals surface area contributed by atoms with Crippen molar-refractivity contribution in [1.82, 2.24) is 0 Å². The molecule has 0 unspecified atom stereocenters. The van der Waals surface area contributed by atoms with Crippen LogP contribution in [-0.4, -0.2) is 19.6 Å². The first-order valence-electron chi connectivity index (χ1n) is 9.74. The molecule has 0 aliphatic heterocycles. The quantitative estimate of drug-likeness (QED) is 0.475. The Labute approximate surface area is 158 Å². The maximum Gasteiger partial charge on any atom is 0.573 e. The van der Waals surface area contributed by atoms with Crippen molar-refractivity contribution >= 4 is 0 Å². The van der Waals surface area contributed by atoms with Gasteiger partial charge in [0, 0.05) is 5.56 Å². The first-order valence-corrected chi connectivity index (χ1v) is 9.74. The zero-order chi connectivity index (χ0) is 19.3. The van der Waals surface area contributed by atoms with E-state index in [4.69, 9.17) is 9.47 Å². The van der Waals surface area contributed by atoms with Crippen LogP contribution in [0.4, 0.5) is 13.2 Å². The third kappa shape index (κ3) is 6.36. The van der Waals surface area contributed by atoms with Gasteiger partial charge in [0.25, 0.3) is 0 Å². The Morgan fingerprint density at radius 3 is 2.41 bits per heavy atom. The predicted octanol–water partition coefficient (Wildman–Crippen LogP) is 6.20. The lowest BCUT2D eigenvalue weighted by Gasteiger charge is -2.18. The molecule has 0 N–H and O–H groups in total. The molecule has 2 fully saturated rings. The van der Waals surface area contributed by atoms with Crippen molar-refractivity contribution in [3.8, 4) is 17.2 Å². The summed E-state index contributed by atoms with van der Waals surface area (Å²) in [6.07, 6.45) is 7.44. The van der Waals surface area contributed by atoms with E-state index in [2.05, 4.69) is 10.8 Å². The second-order valence-corrected chi connectivity index (χ2v) is 7.43. The van der Waals surface area contributed by atoms with E-state index in [1.165, 1.54) is 44.6 Å². The number of ether oxygens (including phenoxy) is 3. The second kappa shape index (κ2) is 8.89. The highest BCUT2D eigenvalue weighted by molar-refractivity contribution is 5.53. The molecule has 3 rings (SSSR count). The average molecular weight is 384 g/mol.